The van der Waals surface area contributed by atoms with Gasteiger partial charge in [-0.3, -0.25) is 9.59 Å². The Kier molecular flexibility index (Phi) is 6.56. The van der Waals surface area contributed by atoms with Crippen molar-refractivity contribution in [3.8, 4) is 0 Å². The number of aromatic nitrogens is 1. The first kappa shape index (κ1) is 20.2. The van der Waals surface area contributed by atoms with E-state index >= 15 is 0 Å². The summed E-state index contributed by atoms with van der Waals surface area (Å²) in [5, 5.41) is 9.79. The number of hydrogen-bond acceptors (Lipinski definition) is 5. The number of thiazole rings is 1. The van der Waals surface area contributed by atoms with Crippen molar-refractivity contribution in [3.63, 3.8) is 0 Å². The third-order valence-corrected chi connectivity index (χ3v) is 5.13. The van der Waals surface area contributed by atoms with Crippen LogP contribution in [0.15, 0.2) is 42.5 Å². The van der Waals surface area contributed by atoms with Crippen molar-refractivity contribution in [2.75, 3.05) is 10.6 Å². The highest BCUT2D eigenvalue weighted by Gasteiger charge is 2.09. The molecule has 3 aromatic rings. The number of amides is 2. The van der Waals surface area contributed by atoms with E-state index in [9.17, 15) is 9.59 Å². The Balaban J connectivity index is 1.59. The van der Waals surface area contributed by atoms with Gasteiger partial charge in [-0.15, -0.1) is 0 Å². The summed E-state index contributed by atoms with van der Waals surface area (Å²) < 4.78 is 0.895. The number of fused-ring (bicyclic) bond motifs is 1. The minimum Gasteiger partial charge on any atom is -0.332 e. The molecule has 0 saturated carbocycles. The summed E-state index contributed by atoms with van der Waals surface area (Å²) in [5.41, 5.74) is 2.35. The van der Waals surface area contributed by atoms with Crippen molar-refractivity contribution in [1.82, 2.24) is 10.3 Å². The van der Waals surface area contributed by atoms with Gasteiger partial charge >= 0.3 is 0 Å². The zero-order valence-corrected chi connectivity index (χ0v) is 17.3. The SMILES string of the molecule is CCC(=O)Nc1nc2ccc(NC(=S)NC(=O)Cc3ccc(Cl)cc3)cc2s1. The summed E-state index contributed by atoms with van der Waals surface area (Å²) in [6.45, 7) is 1.78. The molecule has 9 heteroatoms. The van der Waals surface area contributed by atoms with Crippen LogP contribution in [-0.4, -0.2) is 21.9 Å². The summed E-state index contributed by atoms with van der Waals surface area (Å²) in [4.78, 5) is 28.0. The molecule has 1 aromatic heterocycles. The van der Waals surface area contributed by atoms with Gasteiger partial charge in [-0.25, -0.2) is 4.98 Å². The molecule has 0 saturated heterocycles. The number of thiocarbonyl (C=S) groups is 1. The normalized spacial score (nSPS) is 10.5. The van der Waals surface area contributed by atoms with Gasteiger partial charge in [0.25, 0.3) is 0 Å². The van der Waals surface area contributed by atoms with Crippen LogP contribution < -0.4 is 16.0 Å². The second-order valence-electron chi connectivity index (χ2n) is 5.91. The van der Waals surface area contributed by atoms with Crippen molar-refractivity contribution in [3.05, 3.63) is 53.1 Å². The summed E-state index contributed by atoms with van der Waals surface area (Å²) in [6, 6.07) is 12.6. The fourth-order valence-corrected chi connectivity index (χ4v) is 3.66. The van der Waals surface area contributed by atoms with E-state index in [4.69, 9.17) is 23.8 Å². The average molecular weight is 433 g/mol. The van der Waals surface area contributed by atoms with Crippen molar-refractivity contribution in [2.45, 2.75) is 19.8 Å². The molecular weight excluding hydrogens is 416 g/mol. The molecule has 0 aliphatic carbocycles. The first-order valence-electron chi connectivity index (χ1n) is 8.48. The molecule has 144 valence electrons. The number of nitrogens with zero attached hydrogens (tertiary/aromatic N) is 1. The molecule has 0 aliphatic heterocycles. The first-order chi connectivity index (χ1) is 13.4. The molecule has 0 aliphatic rings. The molecule has 1 heterocycles. The van der Waals surface area contributed by atoms with E-state index in [1.54, 1.807) is 31.2 Å². The van der Waals surface area contributed by atoms with Gasteiger partial charge in [0.15, 0.2) is 10.2 Å². The van der Waals surface area contributed by atoms with Crippen LogP contribution in [0.3, 0.4) is 0 Å². The molecule has 2 amide bonds. The number of hydrogen-bond donors (Lipinski definition) is 3. The van der Waals surface area contributed by atoms with Gasteiger partial charge in [-0.2, -0.15) is 0 Å². The molecule has 28 heavy (non-hydrogen) atoms. The molecule has 0 spiro atoms. The molecule has 0 unspecified atom stereocenters. The molecular formula is C19H17ClN4O2S2. The number of benzene rings is 2. The van der Waals surface area contributed by atoms with Crippen LogP contribution in [0.25, 0.3) is 10.2 Å². The fourth-order valence-electron chi connectivity index (χ4n) is 2.38. The number of halogens is 1. The predicted molar refractivity (Wildman–Crippen MR) is 118 cm³/mol. The van der Waals surface area contributed by atoms with Gasteiger partial charge in [0.2, 0.25) is 11.8 Å². The second-order valence-corrected chi connectivity index (χ2v) is 7.78. The zero-order chi connectivity index (χ0) is 20.1. The number of rotatable bonds is 5. The van der Waals surface area contributed by atoms with Crippen molar-refractivity contribution < 1.29 is 9.59 Å². The first-order valence-corrected chi connectivity index (χ1v) is 10.1. The lowest BCUT2D eigenvalue weighted by Gasteiger charge is -2.09. The van der Waals surface area contributed by atoms with Gasteiger partial charge in [-0.1, -0.05) is 42.0 Å². The van der Waals surface area contributed by atoms with Crippen LogP contribution in [0.4, 0.5) is 10.8 Å². The van der Waals surface area contributed by atoms with Gasteiger partial charge in [0.1, 0.15) is 0 Å². The smallest absolute Gasteiger partial charge is 0.230 e. The lowest BCUT2D eigenvalue weighted by Crippen LogP contribution is -2.35. The Morgan fingerprint density at radius 3 is 2.57 bits per heavy atom. The quantitative estimate of drug-likeness (QED) is 0.522. The summed E-state index contributed by atoms with van der Waals surface area (Å²) in [7, 11) is 0. The topological polar surface area (TPSA) is 83.1 Å². The Hall–Kier alpha value is -2.55. The van der Waals surface area contributed by atoms with Gasteiger partial charge in [0.05, 0.1) is 16.6 Å². The van der Waals surface area contributed by atoms with Gasteiger partial charge in [-0.05, 0) is 48.1 Å². The van der Waals surface area contributed by atoms with E-state index in [0.717, 1.165) is 21.5 Å². The Morgan fingerprint density at radius 1 is 1.11 bits per heavy atom. The Labute approximate surface area is 176 Å². The molecule has 3 rings (SSSR count). The molecule has 0 fully saturated rings. The van der Waals surface area contributed by atoms with Crippen LogP contribution in [0.2, 0.25) is 5.02 Å². The van der Waals surface area contributed by atoms with Gasteiger partial charge in [0, 0.05) is 17.1 Å². The highest BCUT2D eigenvalue weighted by Crippen LogP contribution is 2.28. The van der Waals surface area contributed by atoms with Gasteiger partial charge < -0.3 is 16.0 Å². The van der Waals surface area contributed by atoms with Crippen LogP contribution in [0.1, 0.15) is 18.9 Å². The third-order valence-electron chi connectivity index (χ3n) is 3.74. The summed E-state index contributed by atoms with van der Waals surface area (Å²) >= 11 is 12.4. The molecule has 0 bridgehead atoms. The third kappa shape index (κ3) is 5.48. The number of carbonyl (C=O) groups is 2. The lowest BCUT2D eigenvalue weighted by molar-refractivity contribution is -0.119. The van der Waals surface area contributed by atoms with Crippen LogP contribution in [0, 0.1) is 0 Å². The summed E-state index contributed by atoms with van der Waals surface area (Å²) in [5.74, 6) is -0.301. The average Bonchev–Trinajstić information content (AvgIpc) is 3.04. The predicted octanol–water partition coefficient (Wildman–Crippen LogP) is 4.35. The van der Waals surface area contributed by atoms with E-state index in [2.05, 4.69) is 20.9 Å². The minimum atomic E-state index is -0.219. The maximum atomic E-state index is 12.1. The molecule has 3 N–H and O–H groups in total. The molecule has 6 nitrogen and oxygen atoms in total. The second kappa shape index (κ2) is 9.09. The Bertz CT molecular complexity index is 1030. The fraction of sp³-hybridized carbons (Fsp3) is 0.158. The van der Waals surface area contributed by atoms with E-state index < -0.39 is 0 Å². The largest absolute Gasteiger partial charge is 0.332 e. The molecule has 2 aromatic carbocycles. The monoisotopic (exact) mass is 432 g/mol. The van der Waals surface area contributed by atoms with E-state index in [0.29, 0.717) is 16.6 Å². The maximum Gasteiger partial charge on any atom is 0.230 e. The van der Waals surface area contributed by atoms with Crippen molar-refractivity contribution in [1.29, 1.82) is 0 Å². The number of nitrogens with one attached hydrogen (secondary N) is 3. The van der Waals surface area contributed by atoms with Crippen LogP contribution in [0.5, 0.6) is 0 Å². The van der Waals surface area contributed by atoms with Crippen LogP contribution >= 0.6 is 35.2 Å². The van der Waals surface area contributed by atoms with Crippen LogP contribution in [-0.2, 0) is 16.0 Å². The molecule has 0 atom stereocenters. The van der Waals surface area contributed by atoms with Crippen molar-refractivity contribution in [2.24, 2.45) is 0 Å². The Morgan fingerprint density at radius 2 is 1.86 bits per heavy atom. The minimum absolute atomic E-state index is 0.0815. The highest BCUT2D eigenvalue weighted by molar-refractivity contribution is 7.80. The molecule has 0 radical (unpaired) electrons. The highest BCUT2D eigenvalue weighted by atomic mass is 35.5. The summed E-state index contributed by atoms with van der Waals surface area (Å²) in [6.07, 6.45) is 0.597. The van der Waals surface area contributed by atoms with E-state index in [1.165, 1.54) is 11.3 Å². The zero-order valence-electron chi connectivity index (χ0n) is 14.9. The number of carbonyl (C=O) groups excluding carboxylic acids is 2. The lowest BCUT2D eigenvalue weighted by atomic mass is 10.1. The maximum absolute atomic E-state index is 12.1. The standard InChI is InChI=1S/C19H17ClN4O2S2/c1-2-16(25)24-19-22-14-8-7-13(10-15(14)28-19)21-18(27)23-17(26)9-11-3-5-12(20)6-4-11/h3-8,10H,2,9H2,1H3,(H,22,24,25)(H2,21,23,26,27). The number of anilines is 2. The van der Waals surface area contributed by atoms with E-state index in [1.807, 2.05) is 18.2 Å². The van der Waals surface area contributed by atoms with Crippen molar-refractivity contribution >= 4 is 73.1 Å². The van der Waals surface area contributed by atoms with E-state index in [-0.39, 0.29) is 23.3 Å².